The molecule has 1 fully saturated rings. The number of piperidine rings is 1. The molecule has 1 aliphatic rings. The Morgan fingerprint density at radius 1 is 1.18 bits per heavy atom. The van der Waals surface area contributed by atoms with Gasteiger partial charge in [-0.2, -0.15) is 10.2 Å². The van der Waals surface area contributed by atoms with Gasteiger partial charge in [0.25, 0.3) is 0 Å². The van der Waals surface area contributed by atoms with Crippen molar-refractivity contribution in [1.29, 1.82) is 0 Å². The van der Waals surface area contributed by atoms with E-state index in [0.717, 1.165) is 55.2 Å². The van der Waals surface area contributed by atoms with Crippen LogP contribution in [0.25, 0.3) is 5.69 Å². The normalized spacial score (nSPS) is 15.0. The number of amides is 2. The molecule has 1 saturated heterocycles. The maximum atomic E-state index is 12.8. The van der Waals surface area contributed by atoms with Crippen molar-refractivity contribution in [1.82, 2.24) is 24.5 Å². The number of carbonyl (C=O) groups excluding carboxylic acids is 1. The number of hydrogen-bond acceptors (Lipinski definition) is 3. The van der Waals surface area contributed by atoms with Crippen LogP contribution in [0.4, 0.5) is 10.5 Å². The molecule has 146 valence electrons. The number of aromatic nitrogens is 4. The first-order chi connectivity index (χ1) is 13.6. The van der Waals surface area contributed by atoms with Crippen molar-refractivity contribution in [2.24, 2.45) is 5.92 Å². The standard InChI is InChI=1S/C21H26N6O/c1-16-14-17(2)27(24-16)20-7-4-3-6-19(20)23-21(28)25-12-8-18(9-13-25)15-26-11-5-10-22-26/h3-7,10-11,14,18H,8-9,12-13,15H2,1-2H3,(H,23,28). The summed E-state index contributed by atoms with van der Waals surface area (Å²) < 4.78 is 3.85. The topological polar surface area (TPSA) is 68.0 Å². The van der Waals surface area contributed by atoms with E-state index in [2.05, 4.69) is 15.5 Å². The summed E-state index contributed by atoms with van der Waals surface area (Å²) in [5.74, 6) is 0.561. The van der Waals surface area contributed by atoms with Crippen LogP contribution in [0.3, 0.4) is 0 Å². The lowest BCUT2D eigenvalue weighted by atomic mass is 9.97. The number of rotatable bonds is 4. The number of hydrogen-bond donors (Lipinski definition) is 1. The van der Waals surface area contributed by atoms with Gasteiger partial charge in [0.2, 0.25) is 0 Å². The highest BCUT2D eigenvalue weighted by molar-refractivity contribution is 5.91. The first kappa shape index (κ1) is 18.3. The highest BCUT2D eigenvalue weighted by atomic mass is 16.2. The molecule has 1 aromatic carbocycles. The Balaban J connectivity index is 1.40. The molecule has 1 N–H and O–H groups in total. The number of benzene rings is 1. The average molecular weight is 378 g/mol. The van der Waals surface area contributed by atoms with Crippen molar-refractivity contribution in [3.05, 3.63) is 60.2 Å². The van der Waals surface area contributed by atoms with E-state index >= 15 is 0 Å². The fourth-order valence-electron chi connectivity index (χ4n) is 3.82. The van der Waals surface area contributed by atoms with Gasteiger partial charge in [-0.25, -0.2) is 9.48 Å². The molecule has 0 saturated carbocycles. The van der Waals surface area contributed by atoms with Crippen LogP contribution in [0.2, 0.25) is 0 Å². The van der Waals surface area contributed by atoms with Crippen molar-refractivity contribution in [3.63, 3.8) is 0 Å². The second kappa shape index (κ2) is 7.88. The molecular weight excluding hydrogens is 352 g/mol. The number of para-hydroxylation sites is 2. The monoisotopic (exact) mass is 378 g/mol. The molecule has 3 aromatic rings. The maximum Gasteiger partial charge on any atom is 0.321 e. The maximum absolute atomic E-state index is 12.8. The van der Waals surface area contributed by atoms with Crippen LogP contribution in [0.15, 0.2) is 48.8 Å². The van der Waals surface area contributed by atoms with E-state index in [1.165, 1.54) is 0 Å². The number of likely N-dealkylation sites (tertiary alicyclic amines) is 1. The first-order valence-electron chi connectivity index (χ1n) is 9.76. The highest BCUT2D eigenvalue weighted by Gasteiger charge is 2.24. The fourth-order valence-corrected chi connectivity index (χ4v) is 3.82. The van der Waals surface area contributed by atoms with Crippen molar-refractivity contribution in [2.75, 3.05) is 18.4 Å². The number of anilines is 1. The van der Waals surface area contributed by atoms with E-state index in [4.69, 9.17) is 0 Å². The highest BCUT2D eigenvalue weighted by Crippen LogP contribution is 2.24. The fraction of sp³-hybridized carbons (Fsp3) is 0.381. The van der Waals surface area contributed by atoms with Gasteiger partial charge < -0.3 is 10.2 Å². The second-order valence-corrected chi connectivity index (χ2v) is 7.44. The molecule has 7 heteroatoms. The number of aryl methyl sites for hydroxylation is 2. The lowest BCUT2D eigenvalue weighted by molar-refractivity contribution is 0.175. The minimum absolute atomic E-state index is 0.0495. The van der Waals surface area contributed by atoms with E-state index < -0.39 is 0 Å². The zero-order chi connectivity index (χ0) is 19.5. The van der Waals surface area contributed by atoms with Crippen LogP contribution in [-0.4, -0.2) is 43.6 Å². The largest absolute Gasteiger partial charge is 0.325 e. The van der Waals surface area contributed by atoms with Gasteiger partial charge in [0.15, 0.2) is 0 Å². The number of carbonyl (C=O) groups is 1. The average Bonchev–Trinajstić information content (AvgIpc) is 3.32. The van der Waals surface area contributed by atoms with Gasteiger partial charge >= 0.3 is 6.03 Å². The Morgan fingerprint density at radius 3 is 2.64 bits per heavy atom. The molecule has 0 spiro atoms. The summed E-state index contributed by atoms with van der Waals surface area (Å²) in [6, 6.07) is 11.7. The molecule has 0 bridgehead atoms. The predicted molar refractivity (Wildman–Crippen MR) is 109 cm³/mol. The summed E-state index contributed by atoms with van der Waals surface area (Å²) in [5, 5.41) is 11.9. The molecule has 2 aromatic heterocycles. The Morgan fingerprint density at radius 2 is 1.96 bits per heavy atom. The third-order valence-corrected chi connectivity index (χ3v) is 5.29. The van der Waals surface area contributed by atoms with Gasteiger partial charge in [-0.1, -0.05) is 12.1 Å². The molecular formula is C21H26N6O. The molecule has 0 unspecified atom stereocenters. The lowest BCUT2D eigenvalue weighted by Gasteiger charge is -2.32. The smallest absolute Gasteiger partial charge is 0.321 e. The Kier molecular flexibility index (Phi) is 5.14. The summed E-state index contributed by atoms with van der Waals surface area (Å²) in [7, 11) is 0. The Hall–Kier alpha value is -3.09. The number of urea groups is 1. The number of nitrogens with one attached hydrogen (secondary N) is 1. The van der Waals surface area contributed by atoms with Crippen LogP contribution in [0, 0.1) is 19.8 Å². The lowest BCUT2D eigenvalue weighted by Crippen LogP contribution is -2.41. The van der Waals surface area contributed by atoms with E-state index in [9.17, 15) is 4.79 Å². The summed E-state index contributed by atoms with van der Waals surface area (Å²) >= 11 is 0. The van der Waals surface area contributed by atoms with E-state index in [1.807, 2.05) is 76.9 Å². The zero-order valence-corrected chi connectivity index (χ0v) is 16.4. The van der Waals surface area contributed by atoms with Gasteiger partial charge in [-0.3, -0.25) is 4.68 Å². The zero-order valence-electron chi connectivity index (χ0n) is 16.4. The molecule has 28 heavy (non-hydrogen) atoms. The summed E-state index contributed by atoms with van der Waals surface area (Å²) in [6.45, 7) is 6.43. The first-order valence-corrected chi connectivity index (χ1v) is 9.76. The van der Waals surface area contributed by atoms with Gasteiger partial charge in [-0.05, 0) is 56.9 Å². The van der Waals surface area contributed by atoms with Gasteiger partial charge in [0.1, 0.15) is 0 Å². The van der Waals surface area contributed by atoms with Crippen molar-refractivity contribution in [2.45, 2.75) is 33.2 Å². The van der Waals surface area contributed by atoms with Crippen LogP contribution in [0.1, 0.15) is 24.2 Å². The van der Waals surface area contributed by atoms with Crippen molar-refractivity contribution < 1.29 is 4.79 Å². The van der Waals surface area contributed by atoms with Gasteiger partial charge in [0, 0.05) is 37.7 Å². The second-order valence-electron chi connectivity index (χ2n) is 7.44. The van der Waals surface area contributed by atoms with Crippen LogP contribution in [-0.2, 0) is 6.54 Å². The molecule has 3 heterocycles. The summed E-state index contributed by atoms with van der Waals surface area (Å²) in [5.41, 5.74) is 3.66. The predicted octanol–water partition coefficient (Wildman–Crippen LogP) is 3.63. The minimum atomic E-state index is -0.0495. The number of nitrogens with zero attached hydrogens (tertiary/aromatic N) is 5. The van der Waals surface area contributed by atoms with Crippen molar-refractivity contribution >= 4 is 11.7 Å². The van der Waals surface area contributed by atoms with Crippen LogP contribution in [0.5, 0.6) is 0 Å². The van der Waals surface area contributed by atoms with Gasteiger partial charge in [-0.15, -0.1) is 0 Å². The summed E-state index contributed by atoms with van der Waals surface area (Å²) in [6.07, 6.45) is 5.79. The Labute approximate surface area is 165 Å². The van der Waals surface area contributed by atoms with Crippen molar-refractivity contribution in [3.8, 4) is 5.69 Å². The SMILES string of the molecule is Cc1cc(C)n(-c2ccccc2NC(=O)N2CCC(Cn3cccn3)CC2)n1. The molecule has 1 aliphatic heterocycles. The third-order valence-electron chi connectivity index (χ3n) is 5.29. The minimum Gasteiger partial charge on any atom is -0.325 e. The van der Waals surface area contributed by atoms with Crippen LogP contribution < -0.4 is 5.32 Å². The summed E-state index contributed by atoms with van der Waals surface area (Å²) in [4.78, 5) is 14.7. The Bertz CT molecular complexity index is 938. The van der Waals surface area contributed by atoms with E-state index in [0.29, 0.717) is 5.92 Å². The van der Waals surface area contributed by atoms with Gasteiger partial charge in [0.05, 0.1) is 17.1 Å². The molecule has 0 aliphatic carbocycles. The third kappa shape index (κ3) is 3.93. The molecule has 0 atom stereocenters. The molecule has 4 rings (SSSR count). The quantitative estimate of drug-likeness (QED) is 0.754. The molecule has 2 amide bonds. The van der Waals surface area contributed by atoms with E-state index in [-0.39, 0.29) is 6.03 Å². The molecule has 0 radical (unpaired) electrons. The van der Waals surface area contributed by atoms with Crippen LogP contribution >= 0.6 is 0 Å². The molecule has 7 nitrogen and oxygen atoms in total. The van der Waals surface area contributed by atoms with E-state index in [1.54, 1.807) is 0 Å².